The molecule has 0 spiro atoms. The summed E-state index contributed by atoms with van der Waals surface area (Å²) in [6.07, 6.45) is 0. The van der Waals surface area contributed by atoms with Gasteiger partial charge in [-0.15, -0.1) is 0 Å². The highest BCUT2D eigenvalue weighted by Gasteiger charge is 2.32. The fourth-order valence-corrected chi connectivity index (χ4v) is 5.00. The van der Waals surface area contributed by atoms with E-state index in [0.29, 0.717) is 52.7 Å². The van der Waals surface area contributed by atoms with Crippen LogP contribution < -0.4 is 25.4 Å². The van der Waals surface area contributed by atoms with Crippen LogP contribution >= 0.6 is 12.2 Å². The zero-order valence-corrected chi connectivity index (χ0v) is 23.9. The molecule has 6 N–H and O–H groups in total. The molecule has 1 aliphatic heterocycles. The first-order valence-corrected chi connectivity index (χ1v) is 13.8. The second-order valence-electron chi connectivity index (χ2n) is 9.92. The number of nitrogens with one attached hydrogen (secondary N) is 3. The number of carboxylic acid groups (broad SMARTS) is 1. The summed E-state index contributed by atoms with van der Waals surface area (Å²) in [5.41, 5.74) is 3.43. The number of benzene rings is 4. The Balaban J connectivity index is 1.23. The summed E-state index contributed by atoms with van der Waals surface area (Å²) >= 11 is 5.37. The van der Waals surface area contributed by atoms with E-state index < -0.39 is 11.9 Å². The zero-order valence-electron chi connectivity index (χ0n) is 23.1. The van der Waals surface area contributed by atoms with Gasteiger partial charge in [0, 0.05) is 48.0 Å². The van der Waals surface area contributed by atoms with Crippen molar-refractivity contribution in [3.05, 3.63) is 107 Å². The van der Waals surface area contributed by atoms with Crippen LogP contribution in [0.25, 0.3) is 0 Å². The maximum absolute atomic E-state index is 12.4. The summed E-state index contributed by atoms with van der Waals surface area (Å²) < 4.78 is 11.4. The van der Waals surface area contributed by atoms with Crippen molar-refractivity contribution < 1.29 is 34.4 Å². The number of aromatic hydroxyl groups is 2. The highest BCUT2D eigenvalue weighted by atomic mass is 32.1. The first-order chi connectivity index (χ1) is 20.7. The number of carbonyl (C=O) groups excluding carboxylic acids is 1. The lowest BCUT2D eigenvalue weighted by Crippen LogP contribution is -2.38. The highest BCUT2D eigenvalue weighted by Crippen LogP contribution is 2.49. The maximum atomic E-state index is 12.4. The molecule has 0 radical (unpaired) electrons. The zero-order chi connectivity index (χ0) is 30.5. The van der Waals surface area contributed by atoms with Gasteiger partial charge in [0.2, 0.25) is 0 Å². The third kappa shape index (κ3) is 6.96. The van der Waals surface area contributed by atoms with Gasteiger partial charge in [-0.25, -0.2) is 4.79 Å². The van der Waals surface area contributed by atoms with E-state index >= 15 is 0 Å². The van der Waals surface area contributed by atoms with Crippen molar-refractivity contribution in [3.63, 3.8) is 0 Å². The Labute approximate surface area is 252 Å². The smallest absolute Gasteiger partial charge is 0.336 e. The van der Waals surface area contributed by atoms with Crippen LogP contribution in [0.15, 0.2) is 78.9 Å². The number of carboxylic acids is 1. The number of fused-ring (bicyclic) bond motifs is 2. The van der Waals surface area contributed by atoms with Crippen LogP contribution in [0.5, 0.6) is 28.7 Å². The molecule has 10 nitrogen and oxygen atoms in total. The number of aryl methyl sites for hydroxylation is 1. The van der Waals surface area contributed by atoms with Crippen molar-refractivity contribution in [2.45, 2.75) is 12.8 Å². The van der Waals surface area contributed by atoms with Crippen LogP contribution in [0.1, 0.15) is 38.5 Å². The number of rotatable bonds is 9. The molecular weight excluding hydrogens is 570 g/mol. The molecule has 0 aliphatic carbocycles. The van der Waals surface area contributed by atoms with Gasteiger partial charge < -0.3 is 40.7 Å². The second kappa shape index (κ2) is 12.7. The van der Waals surface area contributed by atoms with Crippen molar-refractivity contribution in [2.24, 2.45) is 0 Å². The van der Waals surface area contributed by atoms with Crippen LogP contribution in [-0.4, -0.2) is 52.0 Å². The molecule has 1 heterocycles. The van der Waals surface area contributed by atoms with E-state index in [9.17, 15) is 24.9 Å². The van der Waals surface area contributed by atoms with Crippen molar-refractivity contribution in [2.75, 3.05) is 25.0 Å². The first-order valence-electron chi connectivity index (χ1n) is 13.4. The number of hydrogen-bond donors (Lipinski definition) is 6. The van der Waals surface area contributed by atoms with E-state index in [4.69, 9.17) is 21.7 Å². The van der Waals surface area contributed by atoms with Crippen LogP contribution in [-0.2, 0) is 4.79 Å². The van der Waals surface area contributed by atoms with Crippen molar-refractivity contribution >= 4 is 34.9 Å². The molecule has 0 aromatic heterocycles. The van der Waals surface area contributed by atoms with E-state index in [2.05, 4.69) is 16.0 Å². The van der Waals surface area contributed by atoms with Gasteiger partial charge in [-0.1, -0.05) is 35.9 Å². The number of phenolic OH excluding ortho intramolecular Hbond substituents is 2. The minimum Gasteiger partial charge on any atom is -0.508 e. The molecule has 0 bridgehead atoms. The van der Waals surface area contributed by atoms with Crippen molar-refractivity contribution in [1.29, 1.82) is 0 Å². The van der Waals surface area contributed by atoms with Gasteiger partial charge in [-0.3, -0.25) is 4.79 Å². The van der Waals surface area contributed by atoms with E-state index in [1.807, 2.05) is 19.1 Å². The summed E-state index contributed by atoms with van der Waals surface area (Å²) in [5.74, 6) is -0.624. The molecule has 0 unspecified atom stereocenters. The number of carbonyl (C=O) groups is 2. The number of ether oxygens (including phenoxy) is 2. The fourth-order valence-electron chi connectivity index (χ4n) is 4.78. The van der Waals surface area contributed by atoms with Gasteiger partial charge >= 0.3 is 5.97 Å². The minimum absolute atomic E-state index is 0.00438. The van der Waals surface area contributed by atoms with Crippen LogP contribution in [0.2, 0.25) is 0 Å². The van der Waals surface area contributed by atoms with E-state index in [1.165, 1.54) is 30.3 Å². The number of thiocarbonyl (C=S) groups is 1. The average molecular weight is 600 g/mol. The largest absolute Gasteiger partial charge is 0.508 e. The average Bonchev–Trinajstić information content (AvgIpc) is 2.97. The predicted octanol–water partition coefficient (Wildman–Crippen LogP) is 4.87. The lowest BCUT2D eigenvalue weighted by atomic mass is 9.80. The Kier molecular flexibility index (Phi) is 8.63. The van der Waals surface area contributed by atoms with Gasteiger partial charge in [0.25, 0.3) is 5.91 Å². The number of aromatic carboxylic acids is 1. The monoisotopic (exact) mass is 599 g/mol. The highest BCUT2D eigenvalue weighted by molar-refractivity contribution is 7.80. The standard InChI is InChI=1S/C32H29N3O7S/c1-18-2-7-22(8-3-18)41-17-29(38)33-12-13-34-32(43)35-19-4-9-23(26(14-19)31(39)40)30-24-10-5-20(36)15-27(24)42-28-16-21(37)6-11-25(28)30/h2-11,14-16,30,36-37H,12-13,17H2,1H3,(H,33,38)(H,39,40)(H2,34,35,43). The SMILES string of the molecule is Cc1ccc(OCC(=O)NCCNC(=S)Nc2ccc(C3c4ccc(O)cc4Oc4cc(O)ccc43)c(C(=O)O)c2)cc1. The number of anilines is 1. The molecule has 1 amide bonds. The maximum Gasteiger partial charge on any atom is 0.336 e. The Hall–Kier alpha value is -5.29. The normalized spacial score (nSPS) is 11.8. The first kappa shape index (κ1) is 29.2. The van der Waals surface area contributed by atoms with Crippen molar-refractivity contribution in [3.8, 4) is 28.7 Å². The Morgan fingerprint density at radius 2 is 1.44 bits per heavy atom. The summed E-state index contributed by atoms with van der Waals surface area (Å²) in [7, 11) is 0. The third-order valence-corrected chi connectivity index (χ3v) is 7.06. The molecule has 0 saturated carbocycles. The quantitative estimate of drug-likeness (QED) is 0.102. The molecule has 0 fully saturated rings. The molecule has 1 aliphatic rings. The van der Waals surface area contributed by atoms with Crippen LogP contribution in [0.3, 0.4) is 0 Å². The van der Waals surface area contributed by atoms with E-state index in [1.54, 1.807) is 36.4 Å². The molecule has 0 atom stereocenters. The number of amides is 1. The summed E-state index contributed by atoms with van der Waals surface area (Å²) in [4.78, 5) is 24.5. The Morgan fingerprint density at radius 1 is 0.837 bits per heavy atom. The van der Waals surface area contributed by atoms with Gasteiger partial charge in [0.1, 0.15) is 28.7 Å². The Bertz CT molecular complexity index is 1640. The summed E-state index contributed by atoms with van der Waals surface area (Å²) in [6.45, 7) is 2.49. The molecule has 43 heavy (non-hydrogen) atoms. The topological polar surface area (TPSA) is 149 Å². The summed E-state index contributed by atoms with van der Waals surface area (Å²) in [5, 5.41) is 39.1. The fraction of sp³-hybridized carbons (Fsp3) is 0.156. The molecule has 5 rings (SSSR count). The molecule has 11 heteroatoms. The number of hydrogen-bond acceptors (Lipinski definition) is 7. The van der Waals surface area contributed by atoms with E-state index in [0.717, 1.165) is 5.56 Å². The second-order valence-corrected chi connectivity index (χ2v) is 10.3. The van der Waals surface area contributed by atoms with Gasteiger partial charge in [0.05, 0.1) is 5.56 Å². The van der Waals surface area contributed by atoms with Crippen LogP contribution in [0.4, 0.5) is 5.69 Å². The van der Waals surface area contributed by atoms with Gasteiger partial charge in [-0.2, -0.15) is 0 Å². The summed E-state index contributed by atoms with van der Waals surface area (Å²) in [6, 6.07) is 21.6. The molecule has 0 saturated heterocycles. The lowest BCUT2D eigenvalue weighted by Gasteiger charge is -2.30. The van der Waals surface area contributed by atoms with Gasteiger partial charge in [-0.05, 0) is 61.1 Å². The van der Waals surface area contributed by atoms with Crippen molar-refractivity contribution in [1.82, 2.24) is 10.6 Å². The molecular formula is C32H29N3O7S. The molecule has 4 aromatic carbocycles. The number of phenols is 2. The molecule has 4 aromatic rings. The van der Waals surface area contributed by atoms with E-state index in [-0.39, 0.29) is 34.7 Å². The minimum atomic E-state index is -1.14. The Morgan fingerprint density at radius 3 is 2.07 bits per heavy atom. The lowest BCUT2D eigenvalue weighted by molar-refractivity contribution is -0.123. The van der Waals surface area contributed by atoms with Gasteiger partial charge in [0.15, 0.2) is 11.7 Å². The predicted molar refractivity (Wildman–Crippen MR) is 165 cm³/mol. The third-order valence-electron chi connectivity index (χ3n) is 6.81. The molecule has 220 valence electrons. The van der Waals surface area contributed by atoms with Crippen LogP contribution in [0, 0.1) is 6.92 Å².